The van der Waals surface area contributed by atoms with E-state index < -0.39 is 12.1 Å². The van der Waals surface area contributed by atoms with Crippen LogP contribution in [0, 0.1) is 0 Å². The molecule has 6 amide bonds. The topological polar surface area (TPSA) is 176 Å². The largest absolute Gasteiger partial charge is 0.508 e. The summed E-state index contributed by atoms with van der Waals surface area (Å²) in [4.78, 5) is 64.7. The van der Waals surface area contributed by atoms with Crippen LogP contribution in [0.1, 0.15) is 43.2 Å². The van der Waals surface area contributed by atoms with E-state index in [2.05, 4.69) is 57.7 Å². The van der Waals surface area contributed by atoms with Crippen LogP contribution in [0.2, 0.25) is 0 Å². The van der Waals surface area contributed by atoms with Gasteiger partial charge in [0.2, 0.25) is 11.8 Å². The fraction of sp³-hybridized carbons (Fsp3) is 0.447. The number of aromatic hydroxyl groups is 1. The number of hydrogen-bond donors (Lipinski definition) is 5. The number of halogens is 2. The number of carbonyl (C=O) groups excluding carboxylic acids is 4. The van der Waals surface area contributed by atoms with Crippen molar-refractivity contribution in [2.75, 3.05) is 42.9 Å². The molecule has 6 rings (SSSR count). The van der Waals surface area contributed by atoms with Gasteiger partial charge in [0.05, 0.1) is 19.1 Å². The molecule has 3 aliphatic heterocycles. The Bertz CT molecular complexity index is 1750. The van der Waals surface area contributed by atoms with Crippen molar-refractivity contribution >= 4 is 67.1 Å². The number of urea groups is 2. The predicted molar refractivity (Wildman–Crippen MR) is 213 cm³/mol. The summed E-state index contributed by atoms with van der Waals surface area (Å²) in [5.41, 5.74) is 9.83. The number of hydrogen-bond acceptors (Lipinski definition) is 8. The molecule has 3 aromatic rings. The SMILES string of the molecule is N[C@H](Cc1ccc(O)cc1)C(=O)NCCCC[C@H](NC(=O)N1CCC(N2Cc3ccccc3NC2=O)CC1)C(=O)N1CC(Br)N(c2ccncc2)C(Br)C1. The first-order valence-electron chi connectivity index (χ1n) is 18.3. The van der Waals surface area contributed by atoms with Crippen molar-refractivity contribution in [1.82, 2.24) is 30.3 Å². The highest BCUT2D eigenvalue weighted by molar-refractivity contribution is 9.10. The van der Waals surface area contributed by atoms with Crippen molar-refractivity contribution in [3.63, 3.8) is 0 Å². The highest BCUT2D eigenvalue weighted by Crippen LogP contribution is 2.31. The number of unbranched alkanes of at least 4 members (excludes halogenated alkanes) is 1. The summed E-state index contributed by atoms with van der Waals surface area (Å²) < 4.78 is 0. The second-order valence-electron chi connectivity index (χ2n) is 13.9. The van der Waals surface area contributed by atoms with E-state index in [4.69, 9.17) is 5.73 Å². The molecule has 2 fully saturated rings. The van der Waals surface area contributed by atoms with Crippen molar-refractivity contribution in [3.05, 3.63) is 84.2 Å². The number of aromatic nitrogens is 1. The lowest BCUT2D eigenvalue weighted by molar-refractivity contribution is -0.134. The van der Waals surface area contributed by atoms with Gasteiger partial charge in [-0.15, -0.1) is 0 Å². The van der Waals surface area contributed by atoms with Gasteiger partial charge in [-0.2, -0.15) is 0 Å². The maximum Gasteiger partial charge on any atom is 0.322 e. The quantitative estimate of drug-likeness (QED) is 0.102. The maximum absolute atomic E-state index is 14.2. The monoisotopic (exact) mass is 867 g/mol. The van der Waals surface area contributed by atoms with Gasteiger partial charge in [-0.05, 0) is 80.0 Å². The van der Waals surface area contributed by atoms with Crippen LogP contribution >= 0.6 is 31.9 Å². The normalized spacial score (nSPS) is 20.1. The number of nitrogens with zero attached hydrogens (tertiary/aromatic N) is 5. The van der Waals surface area contributed by atoms with Crippen LogP contribution in [0.5, 0.6) is 5.75 Å². The predicted octanol–water partition coefficient (Wildman–Crippen LogP) is 4.32. The Morgan fingerprint density at radius 1 is 0.944 bits per heavy atom. The number of amides is 6. The molecule has 14 nitrogen and oxygen atoms in total. The van der Waals surface area contributed by atoms with E-state index in [0.717, 1.165) is 22.5 Å². The van der Waals surface area contributed by atoms with Crippen molar-refractivity contribution < 1.29 is 24.3 Å². The van der Waals surface area contributed by atoms with Gasteiger partial charge in [-0.25, -0.2) is 9.59 Å². The van der Waals surface area contributed by atoms with Crippen molar-refractivity contribution in [2.24, 2.45) is 5.73 Å². The Kier molecular flexibility index (Phi) is 13.3. The van der Waals surface area contributed by atoms with E-state index in [9.17, 15) is 24.3 Å². The van der Waals surface area contributed by atoms with Crippen LogP contribution in [0.3, 0.4) is 0 Å². The Balaban J connectivity index is 1.04. The minimum atomic E-state index is -0.779. The Morgan fingerprint density at radius 3 is 2.33 bits per heavy atom. The van der Waals surface area contributed by atoms with Crippen molar-refractivity contribution in [1.29, 1.82) is 0 Å². The summed E-state index contributed by atoms with van der Waals surface area (Å²) in [7, 11) is 0. The number of carbonyl (C=O) groups is 4. The van der Waals surface area contributed by atoms with Gasteiger partial charge in [0, 0.05) is 56.0 Å². The zero-order valence-corrected chi connectivity index (χ0v) is 33.1. The number of nitrogens with one attached hydrogen (secondary N) is 3. The molecule has 0 spiro atoms. The molecule has 54 heavy (non-hydrogen) atoms. The maximum atomic E-state index is 14.2. The number of pyridine rings is 1. The van der Waals surface area contributed by atoms with Crippen LogP contribution in [0.25, 0.3) is 0 Å². The van der Waals surface area contributed by atoms with Gasteiger partial charge in [-0.3, -0.25) is 14.6 Å². The highest BCUT2D eigenvalue weighted by atomic mass is 79.9. The number of phenols is 1. The summed E-state index contributed by atoms with van der Waals surface area (Å²) in [6.07, 6.45) is 6.59. The Morgan fingerprint density at radius 2 is 1.63 bits per heavy atom. The Hall–Kier alpha value is -4.41. The summed E-state index contributed by atoms with van der Waals surface area (Å²) in [6.45, 7) is 2.61. The van der Waals surface area contributed by atoms with Gasteiger partial charge in [-0.1, -0.05) is 62.2 Å². The third-order valence-corrected chi connectivity index (χ3v) is 11.7. The second-order valence-corrected chi connectivity index (χ2v) is 16.0. The molecule has 4 heterocycles. The molecule has 1 aromatic heterocycles. The number of para-hydroxylation sites is 1. The average Bonchev–Trinajstić information content (AvgIpc) is 3.17. The van der Waals surface area contributed by atoms with E-state index >= 15 is 0 Å². The zero-order valence-electron chi connectivity index (χ0n) is 29.9. The fourth-order valence-corrected chi connectivity index (χ4v) is 9.28. The number of phenolic OH excluding ortho intramolecular Hbond substituents is 1. The number of nitrogens with two attached hydrogens (primary N) is 1. The third kappa shape index (κ3) is 9.82. The van der Waals surface area contributed by atoms with Crippen LogP contribution in [0.4, 0.5) is 21.0 Å². The molecule has 0 saturated carbocycles. The van der Waals surface area contributed by atoms with Crippen molar-refractivity contribution in [2.45, 2.75) is 73.1 Å². The van der Waals surface area contributed by atoms with Gasteiger partial charge >= 0.3 is 12.1 Å². The zero-order chi connectivity index (χ0) is 38.2. The first-order chi connectivity index (χ1) is 26.1. The molecule has 6 N–H and O–H groups in total. The number of likely N-dealkylation sites (tertiary alicyclic amines) is 1. The van der Waals surface area contributed by atoms with E-state index in [1.165, 1.54) is 0 Å². The molecule has 0 radical (unpaired) electrons. The summed E-state index contributed by atoms with van der Waals surface area (Å²) >= 11 is 7.54. The molecular formula is C38H47Br2N9O5. The molecule has 3 aliphatic rings. The lowest BCUT2D eigenvalue weighted by Gasteiger charge is -2.44. The molecular weight excluding hydrogens is 822 g/mol. The minimum Gasteiger partial charge on any atom is -0.508 e. The Labute approximate surface area is 332 Å². The minimum absolute atomic E-state index is 0.00679. The van der Waals surface area contributed by atoms with Crippen molar-refractivity contribution in [3.8, 4) is 5.75 Å². The van der Waals surface area contributed by atoms with Gasteiger partial charge < -0.3 is 46.4 Å². The smallest absolute Gasteiger partial charge is 0.322 e. The van der Waals surface area contributed by atoms with Crippen LogP contribution in [-0.4, -0.2) is 109 Å². The number of piperidine rings is 1. The molecule has 16 heteroatoms. The number of rotatable bonds is 12. The molecule has 4 atom stereocenters. The number of fused-ring (bicyclic) bond motifs is 1. The van der Waals surface area contributed by atoms with Gasteiger partial charge in [0.1, 0.15) is 21.7 Å². The van der Waals surface area contributed by atoms with Gasteiger partial charge in [0.25, 0.3) is 0 Å². The molecule has 288 valence electrons. The first kappa shape index (κ1) is 39.3. The van der Waals surface area contributed by atoms with E-state index in [1.807, 2.05) is 41.3 Å². The third-order valence-electron chi connectivity index (χ3n) is 10.2. The average molecular weight is 870 g/mol. The fourth-order valence-electron chi connectivity index (χ4n) is 7.22. The summed E-state index contributed by atoms with van der Waals surface area (Å²) in [6, 6.07) is 16.2. The molecule has 2 saturated heterocycles. The second kappa shape index (κ2) is 18.3. The van der Waals surface area contributed by atoms with E-state index in [0.29, 0.717) is 77.8 Å². The van der Waals surface area contributed by atoms with E-state index in [1.54, 1.807) is 46.5 Å². The highest BCUT2D eigenvalue weighted by Gasteiger charge is 2.38. The first-order valence-corrected chi connectivity index (χ1v) is 20.2. The van der Waals surface area contributed by atoms with Gasteiger partial charge in [0.15, 0.2) is 0 Å². The summed E-state index contributed by atoms with van der Waals surface area (Å²) in [5, 5.41) is 18.4. The van der Waals surface area contributed by atoms with Crippen LogP contribution in [-0.2, 0) is 22.6 Å². The van der Waals surface area contributed by atoms with Crippen LogP contribution in [0.15, 0.2) is 73.1 Å². The molecule has 2 aromatic carbocycles. The molecule has 0 bridgehead atoms. The number of alkyl halides is 2. The van der Waals surface area contributed by atoms with E-state index in [-0.39, 0.29) is 45.6 Å². The van der Waals surface area contributed by atoms with Crippen LogP contribution < -0.4 is 26.6 Å². The number of piperazine rings is 1. The lowest BCUT2D eigenvalue weighted by atomic mass is 10.0. The number of benzene rings is 2. The number of anilines is 2. The summed E-state index contributed by atoms with van der Waals surface area (Å²) in [5.74, 6) is -0.307. The standard InChI is InChI=1S/C38H47Br2N9O5/c39-33-23-47(24-34(40)49(33)28-12-17-42-18-13-28)36(52)32(7-3-4-16-43-35(51)30(41)21-25-8-10-29(50)11-9-25)45-37(53)46-19-14-27(15-20-46)48-22-26-5-1-2-6-31(26)44-38(48)54/h1-2,5-6,8-13,17-18,27,30,32-34,50H,3-4,7,14-16,19-24,41H2,(H,43,51)(H,44,54)(H,45,53)/t30-,32+,33?,34?/m1/s1. The lowest BCUT2D eigenvalue weighted by Crippen LogP contribution is -2.61. The molecule has 2 unspecified atom stereocenters. The molecule has 0 aliphatic carbocycles.